The average molecular weight is 332 g/mol. The number of thiocarbonyl (C=S) groups is 1. The van der Waals surface area contributed by atoms with E-state index in [1.54, 1.807) is 12.1 Å². The topological polar surface area (TPSA) is 74.5 Å². The highest BCUT2D eigenvalue weighted by Gasteiger charge is 2.08. The van der Waals surface area contributed by atoms with E-state index in [0.29, 0.717) is 17.9 Å². The summed E-state index contributed by atoms with van der Waals surface area (Å²) in [5, 5.41) is 15.0. The Balaban J connectivity index is 2.02. The molecule has 122 valence electrons. The molecule has 2 rings (SSSR count). The maximum Gasteiger partial charge on any atom is 0.226 e. The van der Waals surface area contributed by atoms with E-state index in [1.807, 2.05) is 38.1 Å². The molecule has 0 saturated heterocycles. The number of rotatable bonds is 5. The van der Waals surface area contributed by atoms with E-state index in [4.69, 9.17) is 21.7 Å². The lowest BCUT2D eigenvalue weighted by Crippen LogP contribution is -2.34. The smallest absolute Gasteiger partial charge is 0.226 e. The summed E-state index contributed by atoms with van der Waals surface area (Å²) in [7, 11) is 0. The van der Waals surface area contributed by atoms with Crippen molar-refractivity contribution in [2.45, 2.75) is 26.9 Å². The second kappa shape index (κ2) is 7.89. The van der Waals surface area contributed by atoms with Crippen molar-refractivity contribution in [1.29, 1.82) is 0 Å². The minimum atomic E-state index is -0.135. The highest BCUT2D eigenvalue weighted by atomic mass is 32.1. The van der Waals surface area contributed by atoms with Crippen LogP contribution < -0.4 is 10.6 Å². The lowest BCUT2D eigenvalue weighted by molar-refractivity contribution is -0.120. The first-order valence-electron chi connectivity index (χ1n) is 7.38. The van der Waals surface area contributed by atoms with E-state index >= 15 is 0 Å². The van der Waals surface area contributed by atoms with E-state index in [9.17, 15) is 4.79 Å². The molecule has 0 aliphatic carbocycles. The summed E-state index contributed by atoms with van der Waals surface area (Å²) in [4.78, 5) is 11.7. The van der Waals surface area contributed by atoms with Crippen molar-refractivity contribution in [1.82, 2.24) is 5.32 Å². The molecule has 0 saturated carbocycles. The molecule has 0 fully saturated rings. The zero-order valence-electron chi connectivity index (χ0n) is 13.1. The summed E-state index contributed by atoms with van der Waals surface area (Å²) < 4.78 is 5.51. The van der Waals surface area contributed by atoms with Crippen molar-refractivity contribution < 1.29 is 14.3 Å². The first kappa shape index (κ1) is 17.2. The standard InChI is InChI=1S/C17H20N2O3S/c1-11(2)8-16(21)19-17(23)18-13-5-3-4-12(9-13)15-7-6-14(10-20)22-15/h3-7,9,11,20H,8,10H2,1-2H3,(H2,18,19,21,23). The lowest BCUT2D eigenvalue weighted by atomic mass is 10.1. The van der Waals surface area contributed by atoms with Crippen LogP contribution in [0.5, 0.6) is 0 Å². The third-order valence-corrected chi connectivity index (χ3v) is 3.27. The van der Waals surface area contributed by atoms with Crippen LogP contribution in [0.25, 0.3) is 11.3 Å². The summed E-state index contributed by atoms with van der Waals surface area (Å²) in [5.41, 5.74) is 1.60. The number of aliphatic hydroxyl groups excluding tert-OH is 1. The van der Waals surface area contributed by atoms with Crippen LogP contribution in [0.3, 0.4) is 0 Å². The molecule has 1 aromatic heterocycles. The number of amides is 1. The predicted molar refractivity (Wildman–Crippen MR) is 93.9 cm³/mol. The second-order valence-corrected chi connectivity index (χ2v) is 6.01. The largest absolute Gasteiger partial charge is 0.459 e. The Morgan fingerprint density at radius 3 is 2.74 bits per heavy atom. The molecule has 1 heterocycles. The Morgan fingerprint density at radius 2 is 2.09 bits per heavy atom. The highest BCUT2D eigenvalue weighted by Crippen LogP contribution is 2.24. The number of nitrogens with one attached hydrogen (secondary N) is 2. The molecule has 2 aromatic rings. The van der Waals surface area contributed by atoms with Gasteiger partial charge in [0.25, 0.3) is 0 Å². The van der Waals surface area contributed by atoms with Gasteiger partial charge >= 0.3 is 0 Å². The summed E-state index contributed by atoms with van der Waals surface area (Å²) in [6, 6.07) is 11.0. The van der Waals surface area contributed by atoms with Crippen molar-refractivity contribution in [3.63, 3.8) is 0 Å². The number of hydrogen-bond donors (Lipinski definition) is 3. The number of anilines is 1. The molecule has 0 bridgehead atoms. The van der Waals surface area contributed by atoms with Crippen LogP contribution in [0.1, 0.15) is 26.0 Å². The molecule has 0 unspecified atom stereocenters. The van der Waals surface area contributed by atoms with Gasteiger partial charge in [-0.05, 0) is 42.4 Å². The molecular formula is C17H20N2O3S. The number of carbonyl (C=O) groups is 1. The molecular weight excluding hydrogens is 312 g/mol. The summed E-state index contributed by atoms with van der Waals surface area (Å²) in [6.07, 6.45) is 0.429. The predicted octanol–water partition coefficient (Wildman–Crippen LogP) is 3.30. The van der Waals surface area contributed by atoms with Gasteiger partial charge in [0.05, 0.1) is 0 Å². The van der Waals surface area contributed by atoms with Gasteiger partial charge in [0.1, 0.15) is 18.1 Å². The van der Waals surface area contributed by atoms with Gasteiger partial charge < -0.3 is 20.2 Å². The van der Waals surface area contributed by atoms with Crippen molar-refractivity contribution in [3.8, 4) is 11.3 Å². The fourth-order valence-electron chi connectivity index (χ4n) is 2.08. The first-order chi connectivity index (χ1) is 11.0. The van der Waals surface area contributed by atoms with Crippen LogP contribution in [0.2, 0.25) is 0 Å². The monoisotopic (exact) mass is 332 g/mol. The van der Waals surface area contributed by atoms with Gasteiger partial charge in [0.15, 0.2) is 5.11 Å². The van der Waals surface area contributed by atoms with Gasteiger partial charge in [-0.2, -0.15) is 0 Å². The molecule has 0 atom stereocenters. The summed E-state index contributed by atoms with van der Waals surface area (Å²) in [6.45, 7) is 3.82. The number of furan rings is 1. The molecule has 6 heteroatoms. The third-order valence-electron chi connectivity index (χ3n) is 3.07. The van der Waals surface area contributed by atoms with E-state index < -0.39 is 0 Å². The van der Waals surface area contributed by atoms with Crippen LogP contribution >= 0.6 is 12.2 Å². The van der Waals surface area contributed by atoms with E-state index in [0.717, 1.165) is 11.3 Å². The fraction of sp³-hybridized carbons (Fsp3) is 0.294. The molecule has 1 aromatic carbocycles. The first-order valence-corrected chi connectivity index (χ1v) is 7.79. The van der Waals surface area contributed by atoms with E-state index in [-0.39, 0.29) is 23.5 Å². The van der Waals surface area contributed by atoms with Crippen LogP contribution in [-0.4, -0.2) is 16.1 Å². The molecule has 0 aliphatic rings. The molecule has 23 heavy (non-hydrogen) atoms. The van der Waals surface area contributed by atoms with Crippen LogP contribution in [0.15, 0.2) is 40.8 Å². The third kappa shape index (κ3) is 5.19. The quantitative estimate of drug-likeness (QED) is 0.733. The van der Waals surface area contributed by atoms with Gasteiger partial charge in [-0.1, -0.05) is 26.0 Å². The SMILES string of the molecule is CC(C)CC(=O)NC(=S)Nc1cccc(-c2ccc(CO)o2)c1. The van der Waals surface area contributed by atoms with Gasteiger partial charge in [-0.3, -0.25) is 4.79 Å². The molecule has 5 nitrogen and oxygen atoms in total. The zero-order chi connectivity index (χ0) is 16.8. The Bertz CT molecular complexity index is 695. The van der Waals surface area contributed by atoms with Gasteiger partial charge in [0.2, 0.25) is 5.91 Å². The van der Waals surface area contributed by atoms with Crippen LogP contribution in [0.4, 0.5) is 5.69 Å². The van der Waals surface area contributed by atoms with E-state index in [1.165, 1.54) is 0 Å². The molecule has 3 N–H and O–H groups in total. The minimum Gasteiger partial charge on any atom is -0.459 e. The average Bonchev–Trinajstić information content (AvgIpc) is 2.95. The minimum absolute atomic E-state index is 0.104. The number of aliphatic hydroxyl groups is 1. The number of carbonyl (C=O) groups excluding carboxylic acids is 1. The normalized spacial score (nSPS) is 10.6. The fourth-order valence-corrected chi connectivity index (χ4v) is 2.31. The second-order valence-electron chi connectivity index (χ2n) is 5.61. The Hall–Kier alpha value is -2.18. The van der Waals surface area contributed by atoms with Crippen molar-refractivity contribution in [2.75, 3.05) is 5.32 Å². The highest BCUT2D eigenvalue weighted by molar-refractivity contribution is 7.80. The number of hydrogen-bond acceptors (Lipinski definition) is 4. The van der Waals surface area contributed by atoms with Gasteiger partial charge in [-0.15, -0.1) is 0 Å². The summed E-state index contributed by atoms with van der Waals surface area (Å²) >= 11 is 5.15. The van der Waals surface area contributed by atoms with Gasteiger partial charge in [-0.25, -0.2) is 0 Å². The lowest BCUT2D eigenvalue weighted by Gasteiger charge is -2.11. The maximum atomic E-state index is 11.7. The van der Waals surface area contributed by atoms with E-state index in [2.05, 4.69) is 10.6 Å². The Morgan fingerprint density at radius 1 is 1.30 bits per heavy atom. The molecule has 0 spiro atoms. The molecule has 1 amide bonds. The summed E-state index contributed by atoms with van der Waals surface area (Å²) in [5.74, 6) is 1.34. The maximum absolute atomic E-state index is 11.7. The van der Waals surface area contributed by atoms with Gasteiger partial charge in [0, 0.05) is 17.7 Å². The number of benzene rings is 1. The molecule has 0 aliphatic heterocycles. The molecule has 0 radical (unpaired) electrons. The van der Waals surface area contributed by atoms with Crippen molar-refractivity contribution >= 4 is 28.9 Å². The Labute approximate surface area is 140 Å². The van der Waals surface area contributed by atoms with Crippen LogP contribution in [0, 0.1) is 5.92 Å². The zero-order valence-corrected chi connectivity index (χ0v) is 13.9. The van der Waals surface area contributed by atoms with Crippen molar-refractivity contribution in [2.24, 2.45) is 5.92 Å². The Kier molecular flexibility index (Phi) is 5.90. The van der Waals surface area contributed by atoms with Crippen LogP contribution in [-0.2, 0) is 11.4 Å². The van der Waals surface area contributed by atoms with Crippen molar-refractivity contribution in [3.05, 3.63) is 42.2 Å².